The third-order valence-electron chi connectivity index (χ3n) is 2.73. The second-order valence-electron chi connectivity index (χ2n) is 4.83. The normalized spacial score (nSPS) is 10.9. The highest BCUT2D eigenvalue weighted by atomic mass is 35.5. The lowest BCUT2D eigenvalue weighted by atomic mass is 10.2. The smallest absolute Gasteiger partial charge is 0.207 e. The molecule has 1 N–H and O–H groups in total. The van der Waals surface area contributed by atoms with Crippen molar-refractivity contribution in [2.45, 2.75) is 20.8 Å². The van der Waals surface area contributed by atoms with Crippen molar-refractivity contribution in [1.29, 1.82) is 0 Å². The van der Waals surface area contributed by atoms with Crippen LogP contribution in [0.3, 0.4) is 0 Å². The number of imidazole rings is 1. The van der Waals surface area contributed by atoms with E-state index in [1.165, 1.54) is 0 Å². The van der Waals surface area contributed by atoms with Crippen LogP contribution in [0.4, 0.5) is 5.95 Å². The van der Waals surface area contributed by atoms with E-state index in [2.05, 4.69) is 24.1 Å². The molecule has 2 rings (SSSR count). The highest BCUT2D eigenvalue weighted by Gasteiger charge is 2.07. The third-order valence-corrected chi connectivity index (χ3v) is 2.96. The predicted octanol–water partition coefficient (Wildman–Crippen LogP) is 3.90. The van der Waals surface area contributed by atoms with Gasteiger partial charge in [-0.3, -0.25) is 4.57 Å². The summed E-state index contributed by atoms with van der Waals surface area (Å²) in [4.78, 5) is 4.35. The first-order chi connectivity index (χ1) is 8.58. The van der Waals surface area contributed by atoms with E-state index >= 15 is 0 Å². The molecule has 0 aliphatic carbocycles. The van der Waals surface area contributed by atoms with Crippen LogP contribution in [-0.4, -0.2) is 16.1 Å². The second-order valence-corrected chi connectivity index (χ2v) is 5.26. The Morgan fingerprint density at radius 2 is 2.17 bits per heavy atom. The Labute approximate surface area is 113 Å². The minimum absolute atomic E-state index is 0.585. The molecule has 0 aliphatic heterocycles. The lowest BCUT2D eigenvalue weighted by Gasteiger charge is -2.13. The first-order valence-corrected chi connectivity index (χ1v) is 6.49. The van der Waals surface area contributed by atoms with E-state index in [0.29, 0.717) is 5.92 Å². The van der Waals surface area contributed by atoms with Crippen LogP contribution in [0, 0.1) is 12.8 Å². The lowest BCUT2D eigenvalue weighted by Crippen LogP contribution is -2.12. The molecular formula is C14H18ClN3. The molecule has 0 fully saturated rings. The van der Waals surface area contributed by atoms with E-state index in [9.17, 15) is 0 Å². The molecule has 1 aromatic heterocycles. The molecule has 0 unspecified atom stereocenters. The molecule has 0 spiro atoms. The highest BCUT2D eigenvalue weighted by Crippen LogP contribution is 2.21. The average molecular weight is 264 g/mol. The van der Waals surface area contributed by atoms with Crippen LogP contribution in [-0.2, 0) is 0 Å². The van der Waals surface area contributed by atoms with E-state index in [0.717, 1.165) is 28.8 Å². The van der Waals surface area contributed by atoms with Crippen molar-refractivity contribution in [1.82, 2.24) is 9.55 Å². The fourth-order valence-corrected chi connectivity index (χ4v) is 2.04. The number of nitrogens with one attached hydrogen (secondary N) is 1. The molecule has 0 saturated carbocycles. The van der Waals surface area contributed by atoms with Gasteiger partial charge in [0.05, 0.1) is 5.69 Å². The Morgan fingerprint density at radius 3 is 2.83 bits per heavy atom. The SMILES string of the molecule is Cc1cc(Cl)ccc1-n1ccnc1NCC(C)C. The molecule has 0 atom stereocenters. The number of hydrogen-bond donors (Lipinski definition) is 1. The Balaban J connectivity index is 2.30. The molecule has 1 aromatic carbocycles. The second kappa shape index (κ2) is 5.44. The van der Waals surface area contributed by atoms with Crippen molar-refractivity contribution in [3.63, 3.8) is 0 Å². The van der Waals surface area contributed by atoms with Gasteiger partial charge in [-0.1, -0.05) is 25.4 Å². The van der Waals surface area contributed by atoms with Gasteiger partial charge in [0.25, 0.3) is 0 Å². The standard InChI is InChI=1S/C14H18ClN3/c1-10(2)9-17-14-16-6-7-18(14)13-5-4-12(15)8-11(13)3/h4-8,10H,9H2,1-3H3,(H,16,17). The molecule has 0 radical (unpaired) electrons. The minimum atomic E-state index is 0.585. The van der Waals surface area contributed by atoms with E-state index in [1.54, 1.807) is 6.20 Å². The maximum Gasteiger partial charge on any atom is 0.207 e. The van der Waals surface area contributed by atoms with Crippen LogP contribution in [0.5, 0.6) is 0 Å². The van der Waals surface area contributed by atoms with E-state index < -0.39 is 0 Å². The van der Waals surface area contributed by atoms with Crippen LogP contribution in [0.25, 0.3) is 5.69 Å². The quantitative estimate of drug-likeness (QED) is 0.907. The molecule has 0 bridgehead atoms. The molecule has 0 saturated heterocycles. The summed E-state index contributed by atoms with van der Waals surface area (Å²) in [5.41, 5.74) is 2.23. The molecule has 2 aromatic rings. The zero-order valence-corrected chi connectivity index (χ0v) is 11.7. The number of hydrogen-bond acceptors (Lipinski definition) is 2. The van der Waals surface area contributed by atoms with Crippen molar-refractivity contribution in [2.75, 3.05) is 11.9 Å². The number of benzene rings is 1. The van der Waals surface area contributed by atoms with Gasteiger partial charge < -0.3 is 5.32 Å². The van der Waals surface area contributed by atoms with E-state index in [4.69, 9.17) is 11.6 Å². The van der Waals surface area contributed by atoms with Crippen LogP contribution < -0.4 is 5.32 Å². The molecule has 4 heteroatoms. The maximum atomic E-state index is 5.98. The first-order valence-electron chi connectivity index (χ1n) is 6.11. The van der Waals surface area contributed by atoms with Crippen molar-refractivity contribution in [2.24, 2.45) is 5.92 Å². The monoisotopic (exact) mass is 263 g/mol. The van der Waals surface area contributed by atoms with Gasteiger partial charge in [-0.2, -0.15) is 0 Å². The zero-order chi connectivity index (χ0) is 13.1. The Bertz CT molecular complexity index is 532. The van der Waals surface area contributed by atoms with Crippen molar-refractivity contribution in [3.05, 3.63) is 41.2 Å². The Kier molecular flexibility index (Phi) is 3.92. The summed E-state index contributed by atoms with van der Waals surface area (Å²) in [5.74, 6) is 1.45. The van der Waals surface area contributed by atoms with E-state index in [-0.39, 0.29) is 0 Å². The van der Waals surface area contributed by atoms with Gasteiger partial charge in [0.15, 0.2) is 0 Å². The third kappa shape index (κ3) is 2.85. The molecular weight excluding hydrogens is 246 g/mol. The van der Waals surface area contributed by atoms with Gasteiger partial charge in [-0.05, 0) is 36.6 Å². The summed E-state index contributed by atoms with van der Waals surface area (Å²) in [6, 6.07) is 5.87. The number of anilines is 1. The van der Waals surface area contributed by atoms with Crippen LogP contribution in [0.15, 0.2) is 30.6 Å². The molecule has 0 aliphatic rings. The number of aryl methyl sites for hydroxylation is 1. The van der Waals surface area contributed by atoms with Gasteiger partial charge in [-0.25, -0.2) is 4.98 Å². The number of halogens is 1. The minimum Gasteiger partial charge on any atom is -0.355 e. The lowest BCUT2D eigenvalue weighted by molar-refractivity contribution is 0.683. The van der Waals surface area contributed by atoms with Crippen LogP contribution in [0.2, 0.25) is 5.02 Å². The first kappa shape index (κ1) is 13.0. The number of rotatable bonds is 4. The van der Waals surface area contributed by atoms with Gasteiger partial charge in [0.1, 0.15) is 0 Å². The Hall–Kier alpha value is -1.48. The summed E-state index contributed by atoms with van der Waals surface area (Å²) in [6.07, 6.45) is 3.76. The average Bonchev–Trinajstić information content (AvgIpc) is 2.74. The van der Waals surface area contributed by atoms with Gasteiger partial charge in [-0.15, -0.1) is 0 Å². The molecule has 1 heterocycles. The molecule has 18 heavy (non-hydrogen) atoms. The molecule has 96 valence electrons. The highest BCUT2D eigenvalue weighted by molar-refractivity contribution is 6.30. The summed E-state index contributed by atoms with van der Waals surface area (Å²) < 4.78 is 2.05. The number of aromatic nitrogens is 2. The van der Waals surface area contributed by atoms with E-state index in [1.807, 2.05) is 35.9 Å². The van der Waals surface area contributed by atoms with Crippen molar-refractivity contribution >= 4 is 17.5 Å². The molecule has 0 amide bonds. The van der Waals surface area contributed by atoms with Crippen LogP contribution >= 0.6 is 11.6 Å². The van der Waals surface area contributed by atoms with Gasteiger partial charge >= 0.3 is 0 Å². The van der Waals surface area contributed by atoms with Crippen LogP contribution in [0.1, 0.15) is 19.4 Å². The zero-order valence-electron chi connectivity index (χ0n) is 10.9. The number of nitrogens with zero attached hydrogens (tertiary/aromatic N) is 2. The predicted molar refractivity (Wildman–Crippen MR) is 76.6 cm³/mol. The van der Waals surface area contributed by atoms with Crippen molar-refractivity contribution in [3.8, 4) is 5.69 Å². The Morgan fingerprint density at radius 1 is 1.39 bits per heavy atom. The summed E-state index contributed by atoms with van der Waals surface area (Å²) >= 11 is 5.98. The van der Waals surface area contributed by atoms with Crippen molar-refractivity contribution < 1.29 is 0 Å². The maximum absolute atomic E-state index is 5.98. The fraction of sp³-hybridized carbons (Fsp3) is 0.357. The van der Waals surface area contributed by atoms with Gasteiger partial charge in [0.2, 0.25) is 5.95 Å². The summed E-state index contributed by atoms with van der Waals surface area (Å²) in [5, 5.41) is 4.11. The summed E-state index contributed by atoms with van der Waals surface area (Å²) in [6.45, 7) is 7.30. The fourth-order valence-electron chi connectivity index (χ4n) is 1.81. The molecule has 3 nitrogen and oxygen atoms in total. The summed E-state index contributed by atoms with van der Waals surface area (Å²) in [7, 11) is 0. The van der Waals surface area contributed by atoms with Gasteiger partial charge in [0, 0.05) is 24.0 Å². The topological polar surface area (TPSA) is 29.9 Å². The largest absolute Gasteiger partial charge is 0.355 e.